The van der Waals surface area contributed by atoms with Gasteiger partial charge in [0.2, 0.25) is 5.89 Å². The summed E-state index contributed by atoms with van der Waals surface area (Å²) in [5.74, 6) is 1.16. The highest BCUT2D eigenvalue weighted by atomic mass is 32.2. The Morgan fingerprint density at radius 1 is 1.15 bits per heavy atom. The maximum absolute atomic E-state index is 9.35. The number of pyridine rings is 1. The molecule has 2 aromatic heterocycles. The van der Waals surface area contributed by atoms with E-state index in [-0.39, 0.29) is 5.25 Å². The van der Waals surface area contributed by atoms with Crippen LogP contribution in [0.1, 0.15) is 46.3 Å². The monoisotopic (exact) mass is 288 g/mol. The fourth-order valence-corrected chi connectivity index (χ4v) is 2.86. The van der Waals surface area contributed by atoms with Crippen molar-refractivity contribution in [3.05, 3.63) is 34.1 Å². The van der Waals surface area contributed by atoms with Crippen molar-refractivity contribution >= 4 is 11.8 Å². The minimum absolute atomic E-state index is 0.0442. The Hall–Kier alpha value is -1.87. The first-order valence-electron chi connectivity index (χ1n) is 6.28. The lowest BCUT2D eigenvalue weighted by molar-refractivity contribution is 0.376. The smallest absolute Gasteiger partial charge is 0.239 e. The Labute approximate surface area is 122 Å². The van der Waals surface area contributed by atoms with Gasteiger partial charge in [-0.15, -0.1) is 0 Å². The maximum atomic E-state index is 9.35. The predicted molar refractivity (Wildman–Crippen MR) is 76.5 cm³/mol. The summed E-state index contributed by atoms with van der Waals surface area (Å²) >= 11 is 1.47. The average molecular weight is 288 g/mol. The van der Waals surface area contributed by atoms with Crippen molar-refractivity contribution < 1.29 is 4.52 Å². The van der Waals surface area contributed by atoms with Crippen LogP contribution in [-0.2, 0) is 0 Å². The van der Waals surface area contributed by atoms with Crippen LogP contribution in [0.2, 0.25) is 0 Å². The Bertz CT molecular complexity index is 687. The van der Waals surface area contributed by atoms with Gasteiger partial charge in [-0.05, 0) is 45.7 Å². The van der Waals surface area contributed by atoms with Gasteiger partial charge < -0.3 is 4.52 Å². The summed E-state index contributed by atoms with van der Waals surface area (Å²) in [6.07, 6.45) is 0. The van der Waals surface area contributed by atoms with Crippen molar-refractivity contribution in [1.82, 2.24) is 15.1 Å². The SMILES string of the molecule is Cc1noc([C@@H](C)Sc2nc(C)c(C)c(C)c2C#N)n1. The lowest BCUT2D eigenvalue weighted by atomic mass is 10.1. The number of hydrogen-bond donors (Lipinski definition) is 0. The molecular weight excluding hydrogens is 272 g/mol. The summed E-state index contributed by atoms with van der Waals surface area (Å²) in [6, 6.07) is 2.24. The van der Waals surface area contributed by atoms with Crippen molar-refractivity contribution in [3.8, 4) is 6.07 Å². The van der Waals surface area contributed by atoms with Crippen LogP contribution in [0.25, 0.3) is 0 Å². The number of aryl methyl sites for hydroxylation is 2. The molecule has 0 saturated heterocycles. The van der Waals surface area contributed by atoms with Crippen LogP contribution in [0, 0.1) is 39.0 Å². The quantitative estimate of drug-likeness (QED) is 0.805. The molecule has 0 aromatic carbocycles. The van der Waals surface area contributed by atoms with Crippen molar-refractivity contribution in [1.29, 1.82) is 5.26 Å². The molecule has 2 rings (SSSR count). The van der Waals surface area contributed by atoms with Crippen molar-refractivity contribution in [2.75, 3.05) is 0 Å². The van der Waals surface area contributed by atoms with Gasteiger partial charge in [-0.25, -0.2) is 4.98 Å². The normalized spacial score (nSPS) is 12.2. The predicted octanol–water partition coefficient (Wildman–Crippen LogP) is 3.42. The van der Waals surface area contributed by atoms with E-state index in [2.05, 4.69) is 21.2 Å². The average Bonchev–Trinajstić information content (AvgIpc) is 2.83. The highest BCUT2D eigenvalue weighted by molar-refractivity contribution is 7.99. The molecule has 104 valence electrons. The molecule has 0 amide bonds. The van der Waals surface area contributed by atoms with E-state index in [1.54, 1.807) is 6.92 Å². The van der Waals surface area contributed by atoms with E-state index in [9.17, 15) is 5.26 Å². The van der Waals surface area contributed by atoms with Crippen molar-refractivity contribution in [2.24, 2.45) is 0 Å². The molecule has 0 aliphatic carbocycles. The summed E-state index contributed by atoms with van der Waals surface area (Å²) in [6.45, 7) is 9.63. The molecule has 1 atom stereocenters. The number of hydrogen-bond acceptors (Lipinski definition) is 6. The number of thioether (sulfide) groups is 1. The fourth-order valence-electron chi connectivity index (χ4n) is 1.82. The standard InChI is InChI=1S/C14H16N4OS/c1-7-8(2)12(6-15)14(16-9(7)3)20-10(4)13-17-11(5)18-19-13/h10H,1-5H3/t10-/m1/s1. The number of nitrogens with zero attached hydrogens (tertiary/aromatic N) is 4. The highest BCUT2D eigenvalue weighted by Crippen LogP contribution is 2.36. The van der Waals surface area contributed by atoms with E-state index in [1.807, 2.05) is 27.7 Å². The molecule has 0 spiro atoms. The zero-order valence-electron chi connectivity index (χ0n) is 12.2. The third-order valence-electron chi connectivity index (χ3n) is 3.25. The van der Waals surface area contributed by atoms with Gasteiger partial charge in [-0.3, -0.25) is 0 Å². The molecular formula is C14H16N4OS. The van der Waals surface area contributed by atoms with E-state index >= 15 is 0 Å². The van der Waals surface area contributed by atoms with Gasteiger partial charge >= 0.3 is 0 Å². The lowest BCUT2D eigenvalue weighted by Gasteiger charge is -2.12. The van der Waals surface area contributed by atoms with E-state index in [4.69, 9.17) is 4.52 Å². The van der Waals surface area contributed by atoms with Crippen molar-refractivity contribution in [2.45, 2.75) is 44.9 Å². The number of nitriles is 1. The Balaban J connectivity index is 2.37. The van der Waals surface area contributed by atoms with Crippen LogP contribution in [0.4, 0.5) is 0 Å². The lowest BCUT2D eigenvalue weighted by Crippen LogP contribution is -2.00. The molecule has 0 aliphatic rings. The minimum Gasteiger partial charge on any atom is -0.338 e. The molecule has 0 fully saturated rings. The van der Waals surface area contributed by atoms with E-state index in [1.165, 1.54) is 11.8 Å². The van der Waals surface area contributed by atoms with Gasteiger partial charge in [-0.2, -0.15) is 10.2 Å². The summed E-state index contributed by atoms with van der Waals surface area (Å²) in [5.41, 5.74) is 3.61. The molecule has 0 radical (unpaired) electrons. The van der Waals surface area contributed by atoms with Crippen molar-refractivity contribution in [3.63, 3.8) is 0 Å². The highest BCUT2D eigenvalue weighted by Gasteiger charge is 2.19. The van der Waals surface area contributed by atoms with Crippen LogP contribution < -0.4 is 0 Å². The van der Waals surface area contributed by atoms with Crippen LogP contribution >= 0.6 is 11.8 Å². The topological polar surface area (TPSA) is 75.6 Å². The molecule has 2 aromatic rings. The Morgan fingerprint density at radius 3 is 2.40 bits per heavy atom. The third kappa shape index (κ3) is 2.68. The third-order valence-corrected chi connectivity index (χ3v) is 4.33. The molecule has 0 bridgehead atoms. The van der Waals surface area contributed by atoms with Crippen LogP contribution in [-0.4, -0.2) is 15.1 Å². The van der Waals surface area contributed by atoms with E-state index in [0.29, 0.717) is 17.3 Å². The van der Waals surface area contributed by atoms with Gasteiger partial charge in [-0.1, -0.05) is 16.9 Å². The van der Waals surface area contributed by atoms with Gasteiger partial charge in [0.25, 0.3) is 0 Å². The van der Waals surface area contributed by atoms with Crippen LogP contribution in [0.15, 0.2) is 9.55 Å². The first kappa shape index (κ1) is 14.5. The summed E-state index contributed by atoms with van der Waals surface area (Å²) < 4.78 is 5.16. The number of rotatable bonds is 3. The first-order chi connectivity index (χ1) is 9.43. The molecule has 2 heterocycles. The van der Waals surface area contributed by atoms with Gasteiger partial charge in [0.05, 0.1) is 10.8 Å². The number of aromatic nitrogens is 3. The minimum atomic E-state index is -0.0442. The Morgan fingerprint density at radius 2 is 1.85 bits per heavy atom. The molecule has 5 nitrogen and oxygen atoms in total. The molecule has 0 unspecified atom stereocenters. The first-order valence-corrected chi connectivity index (χ1v) is 7.16. The van der Waals surface area contributed by atoms with Gasteiger partial charge in [0.1, 0.15) is 11.1 Å². The molecule has 20 heavy (non-hydrogen) atoms. The van der Waals surface area contributed by atoms with E-state index in [0.717, 1.165) is 21.8 Å². The van der Waals surface area contributed by atoms with Gasteiger partial charge in [0, 0.05) is 5.69 Å². The largest absolute Gasteiger partial charge is 0.338 e. The summed E-state index contributed by atoms with van der Waals surface area (Å²) in [4.78, 5) is 8.74. The second-order valence-corrected chi connectivity index (χ2v) is 6.01. The second kappa shape index (κ2) is 5.63. The molecule has 0 aliphatic heterocycles. The summed E-state index contributed by atoms with van der Waals surface area (Å²) in [5, 5.41) is 13.8. The van der Waals surface area contributed by atoms with Crippen LogP contribution in [0.3, 0.4) is 0 Å². The van der Waals surface area contributed by atoms with Crippen LogP contribution in [0.5, 0.6) is 0 Å². The van der Waals surface area contributed by atoms with Gasteiger partial charge in [0.15, 0.2) is 5.82 Å². The maximum Gasteiger partial charge on any atom is 0.239 e. The zero-order chi connectivity index (χ0) is 14.9. The fraction of sp³-hybridized carbons (Fsp3) is 0.429. The zero-order valence-corrected chi connectivity index (χ0v) is 13.0. The molecule has 0 saturated carbocycles. The molecule has 0 N–H and O–H groups in total. The second-order valence-electron chi connectivity index (χ2n) is 4.68. The van der Waals surface area contributed by atoms with E-state index < -0.39 is 0 Å². The Kier molecular flexibility index (Phi) is 4.09. The molecule has 6 heteroatoms. The summed E-state index contributed by atoms with van der Waals surface area (Å²) in [7, 11) is 0.